The number of hydrogen-bond donors (Lipinski definition) is 1. The molecular formula is C19H26N2. The van der Waals surface area contributed by atoms with Crippen LogP contribution in [0.15, 0.2) is 48.5 Å². The second-order valence-electron chi connectivity index (χ2n) is 5.64. The SMILES string of the molecule is CCCNCc1ccc(CN(C)c2ccccc2C)cc1. The molecule has 2 nitrogen and oxygen atoms in total. The molecule has 0 spiro atoms. The fraction of sp³-hybridized carbons (Fsp3) is 0.368. The van der Waals surface area contributed by atoms with Crippen molar-refractivity contribution < 1.29 is 0 Å². The lowest BCUT2D eigenvalue weighted by Gasteiger charge is -2.21. The first kappa shape index (κ1) is 15.6. The lowest BCUT2D eigenvalue weighted by Crippen LogP contribution is -2.17. The molecule has 2 aromatic rings. The van der Waals surface area contributed by atoms with Crippen LogP contribution < -0.4 is 10.2 Å². The normalized spacial score (nSPS) is 10.6. The molecule has 2 heteroatoms. The van der Waals surface area contributed by atoms with E-state index in [-0.39, 0.29) is 0 Å². The molecule has 2 rings (SSSR count). The van der Waals surface area contributed by atoms with Gasteiger partial charge in [-0.2, -0.15) is 0 Å². The third-order valence-corrected chi connectivity index (χ3v) is 3.73. The highest BCUT2D eigenvalue weighted by atomic mass is 15.1. The third-order valence-electron chi connectivity index (χ3n) is 3.73. The summed E-state index contributed by atoms with van der Waals surface area (Å²) < 4.78 is 0. The fourth-order valence-electron chi connectivity index (χ4n) is 2.52. The van der Waals surface area contributed by atoms with Crippen LogP contribution in [0.2, 0.25) is 0 Å². The van der Waals surface area contributed by atoms with E-state index in [1.165, 1.54) is 28.8 Å². The second-order valence-corrected chi connectivity index (χ2v) is 5.64. The summed E-state index contributed by atoms with van der Waals surface area (Å²) in [5, 5.41) is 3.43. The van der Waals surface area contributed by atoms with Gasteiger partial charge in [0.2, 0.25) is 0 Å². The van der Waals surface area contributed by atoms with E-state index in [0.29, 0.717) is 0 Å². The van der Waals surface area contributed by atoms with Crippen molar-refractivity contribution in [3.63, 3.8) is 0 Å². The minimum Gasteiger partial charge on any atom is -0.370 e. The first-order chi connectivity index (χ1) is 10.2. The number of nitrogens with zero attached hydrogens (tertiary/aromatic N) is 1. The predicted octanol–water partition coefficient (Wildman–Crippen LogP) is 4.13. The van der Waals surface area contributed by atoms with Gasteiger partial charge in [0.1, 0.15) is 0 Å². The van der Waals surface area contributed by atoms with Crippen LogP contribution in [-0.2, 0) is 13.1 Å². The Morgan fingerprint density at radius 3 is 2.29 bits per heavy atom. The highest BCUT2D eigenvalue weighted by Crippen LogP contribution is 2.20. The molecule has 0 radical (unpaired) electrons. The van der Waals surface area contributed by atoms with Crippen LogP contribution in [0, 0.1) is 6.92 Å². The van der Waals surface area contributed by atoms with E-state index in [1.807, 2.05) is 0 Å². The monoisotopic (exact) mass is 282 g/mol. The van der Waals surface area contributed by atoms with Crippen molar-refractivity contribution >= 4 is 5.69 Å². The molecule has 21 heavy (non-hydrogen) atoms. The van der Waals surface area contributed by atoms with Crippen molar-refractivity contribution in [2.75, 3.05) is 18.5 Å². The highest BCUT2D eigenvalue weighted by Gasteiger charge is 2.04. The van der Waals surface area contributed by atoms with Crippen LogP contribution in [0.25, 0.3) is 0 Å². The van der Waals surface area contributed by atoms with Crippen LogP contribution >= 0.6 is 0 Å². The molecule has 0 aliphatic rings. The van der Waals surface area contributed by atoms with Gasteiger partial charge in [0.15, 0.2) is 0 Å². The lowest BCUT2D eigenvalue weighted by molar-refractivity contribution is 0.675. The van der Waals surface area contributed by atoms with Crippen LogP contribution in [-0.4, -0.2) is 13.6 Å². The summed E-state index contributed by atoms with van der Waals surface area (Å²) in [7, 11) is 2.15. The number of aryl methyl sites for hydroxylation is 1. The zero-order chi connectivity index (χ0) is 15.1. The first-order valence-electron chi connectivity index (χ1n) is 7.76. The van der Waals surface area contributed by atoms with Gasteiger partial charge in [0.25, 0.3) is 0 Å². The Kier molecular flexibility index (Phi) is 5.82. The van der Waals surface area contributed by atoms with Gasteiger partial charge in [0, 0.05) is 25.8 Å². The van der Waals surface area contributed by atoms with E-state index in [2.05, 4.69) is 79.6 Å². The topological polar surface area (TPSA) is 15.3 Å². The zero-order valence-corrected chi connectivity index (χ0v) is 13.4. The third kappa shape index (κ3) is 4.61. The maximum absolute atomic E-state index is 3.43. The molecular weight excluding hydrogens is 256 g/mol. The summed E-state index contributed by atoms with van der Waals surface area (Å²) in [4.78, 5) is 2.31. The van der Waals surface area contributed by atoms with Crippen molar-refractivity contribution in [3.8, 4) is 0 Å². The molecule has 0 unspecified atom stereocenters. The van der Waals surface area contributed by atoms with E-state index in [0.717, 1.165) is 19.6 Å². The Hall–Kier alpha value is -1.80. The van der Waals surface area contributed by atoms with Gasteiger partial charge in [-0.3, -0.25) is 0 Å². The maximum atomic E-state index is 3.43. The summed E-state index contributed by atoms with van der Waals surface area (Å²) in [5.41, 5.74) is 5.32. The molecule has 0 atom stereocenters. The van der Waals surface area contributed by atoms with Crippen molar-refractivity contribution in [3.05, 3.63) is 65.2 Å². The number of anilines is 1. The standard InChI is InChI=1S/C19H26N2/c1-4-13-20-14-17-9-11-18(12-10-17)15-21(3)19-8-6-5-7-16(19)2/h5-12,20H,4,13-15H2,1-3H3. The minimum atomic E-state index is 0.938. The molecule has 0 saturated carbocycles. The van der Waals surface area contributed by atoms with Gasteiger partial charge in [0.05, 0.1) is 0 Å². The van der Waals surface area contributed by atoms with E-state index >= 15 is 0 Å². The minimum absolute atomic E-state index is 0.938. The number of nitrogens with one attached hydrogen (secondary N) is 1. The summed E-state index contributed by atoms with van der Waals surface area (Å²) in [5.74, 6) is 0. The van der Waals surface area contributed by atoms with Crippen LogP contribution in [0.5, 0.6) is 0 Å². The second kappa shape index (κ2) is 7.84. The molecule has 2 aromatic carbocycles. The van der Waals surface area contributed by atoms with Crippen LogP contribution in [0.3, 0.4) is 0 Å². The van der Waals surface area contributed by atoms with E-state index in [9.17, 15) is 0 Å². The quantitative estimate of drug-likeness (QED) is 0.768. The maximum Gasteiger partial charge on any atom is 0.0426 e. The van der Waals surface area contributed by atoms with Crippen molar-refractivity contribution in [1.82, 2.24) is 5.32 Å². The molecule has 0 aliphatic carbocycles. The molecule has 0 heterocycles. The largest absolute Gasteiger partial charge is 0.370 e. The number of hydrogen-bond acceptors (Lipinski definition) is 2. The average Bonchev–Trinajstić information content (AvgIpc) is 2.49. The smallest absolute Gasteiger partial charge is 0.0426 e. The van der Waals surface area contributed by atoms with Gasteiger partial charge in [-0.25, -0.2) is 0 Å². The number of benzene rings is 2. The summed E-state index contributed by atoms with van der Waals surface area (Å²) in [6.45, 7) is 7.33. The zero-order valence-electron chi connectivity index (χ0n) is 13.4. The molecule has 1 N–H and O–H groups in total. The molecule has 0 bridgehead atoms. The summed E-state index contributed by atoms with van der Waals surface area (Å²) >= 11 is 0. The molecule has 0 aliphatic heterocycles. The predicted molar refractivity (Wildman–Crippen MR) is 91.7 cm³/mol. The Bertz CT molecular complexity index is 546. The lowest BCUT2D eigenvalue weighted by atomic mass is 10.1. The first-order valence-corrected chi connectivity index (χ1v) is 7.76. The molecule has 0 amide bonds. The Morgan fingerprint density at radius 1 is 0.952 bits per heavy atom. The number of para-hydroxylation sites is 1. The van der Waals surface area contributed by atoms with Crippen molar-refractivity contribution in [2.45, 2.75) is 33.4 Å². The van der Waals surface area contributed by atoms with Crippen LogP contribution in [0.4, 0.5) is 5.69 Å². The summed E-state index contributed by atoms with van der Waals surface area (Å²) in [6, 6.07) is 17.4. The Balaban J connectivity index is 1.95. The van der Waals surface area contributed by atoms with Gasteiger partial charge < -0.3 is 10.2 Å². The Morgan fingerprint density at radius 2 is 1.62 bits per heavy atom. The summed E-state index contributed by atoms with van der Waals surface area (Å²) in [6.07, 6.45) is 1.18. The molecule has 112 valence electrons. The van der Waals surface area contributed by atoms with E-state index in [4.69, 9.17) is 0 Å². The molecule has 0 aromatic heterocycles. The van der Waals surface area contributed by atoms with Gasteiger partial charge in [-0.1, -0.05) is 49.4 Å². The van der Waals surface area contributed by atoms with Crippen LogP contribution in [0.1, 0.15) is 30.0 Å². The van der Waals surface area contributed by atoms with Gasteiger partial charge in [-0.15, -0.1) is 0 Å². The molecule has 0 fully saturated rings. The van der Waals surface area contributed by atoms with Gasteiger partial charge >= 0.3 is 0 Å². The Labute approximate surface area is 128 Å². The molecule has 0 saturated heterocycles. The van der Waals surface area contributed by atoms with Crippen molar-refractivity contribution in [1.29, 1.82) is 0 Å². The highest BCUT2D eigenvalue weighted by molar-refractivity contribution is 5.52. The van der Waals surface area contributed by atoms with Gasteiger partial charge in [-0.05, 0) is 42.6 Å². The van der Waals surface area contributed by atoms with Crippen molar-refractivity contribution in [2.24, 2.45) is 0 Å². The number of rotatable bonds is 7. The van der Waals surface area contributed by atoms with E-state index < -0.39 is 0 Å². The average molecular weight is 282 g/mol. The van der Waals surface area contributed by atoms with E-state index in [1.54, 1.807) is 0 Å². The fourth-order valence-corrected chi connectivity index (χ4v) is 2.52.